The molecule has 0 aliphatic rings. The predicted molar refractivity (Wildman–Crippen MR) is 119 cm³/mol. The maximum Gasteiger partial charge on any atom is 0.0912 e. The molecular formula is C24H25ClN2O. The summed E-state index contributed by atoms with van der Waals surface area (Å²) in [5.74, 6) is 0. The monoisotopic (exact) mass is 392 g/mol. The van der Waals surface area contributed by atoms with Gasteiger partial charge in [0, 0.05) is 23.6 Å². The maximum absolute atomic E-state index is 10.9. The summed E-state index contributed by atoms with van der Waals surface area (Å²) in [7, 11) is 1.87. The van der Waals surface area contributed by atoms with Crippen LogP contribution < -0.4 is 5.32 Å². The van der Waals surface area contributed by atoms with E-state index in [-0.39, 0.29) is 18.4 Å². The number of nitrogens with zero attached hydrogens (tertiary/aromatic N) is 1. The second kappa shape index (κ2) is 9.07. The molecule has 0 spiro atoms. The van der Waals surface area contributed by atoms with E-state index in [1.807, 2.05) is 31.3 Å². The van der Waals surface area contributed by atoms with Crippen LogP contribution >= 0.6 is 12.4 Å². The number of aromatic nitrogens is 1. The summed E-state index contributed by atoms with van der Waals surface area (Å²) in [6.07, 6.45) is 1.56. The van der Waals surface area contributed by atoms with Crippen molar-refractivity contribution >= 4 is 23.3 Å². The van der Waals surface area contributed by atoms with Gasteiger partial charge in [0.1, 0.15) is 0 Å². The highest BCUT2D eigenvalue weighted by Gasteiger charge is 2.24. The summed E-state index contributed by atoms with van der Waals surface area (Å²) in [6.45, 7) is 0.525. The molecule has 0 fully saturated rings. The first-order chi connectivity index (χ1) is 13.3. The Morgan fingerprint density at radius 1 is 0.857 bits per heavy atom. The van der Waals surface area contributed by atoms with Gasteiger partial charge in [0.05, 0.1) is 12.1 Å². The molecule has 0 amide bonds. The Labute approximate surface area is 172 Å². The summed E-state index contributed by atoms with van der Waals surface area (Å²) >= 11 is 0. The molecule has 3 nitrogen and oxygen atoms in total. The van der Waals surface area contributed by atoms with Crippen LogP contribution in [0.5, 0.6) is 0 Å². The van der Waals surface area contributed by atoms with Crippen LogP contribution in [0.1, 0.15) is 11.6 Å². The van der Waals surface area contributed by atoms with Crippen LogP contribution in [0.25, 0.3) is 22.0 Å². The van der Waals surface area contributed by atoms with Gasteiger partial charge < -0.3 is 15.0 Å². The van der Waals surface area contributed by atoms with Crippen molar-refractivity contribution in [3.8, 4) is 11.1 Å². The molecule has 0 aliphatic carbocycles. The van der Waals surface area contributed by atoms with Crippen molar-refractivity contribution < 1.29 is 5.11 Å². The topological polar surface area (TPSA) is 37.2 Å². The molecule has 0 unspecified atom stereocenters. The average molecular weight is 393 g/mol. The molecule has 0 bridgehead atoms. The van der Waals surface area contributed by atoms with Gasteiger partial charge in [-0.2, -0.15) is 0 Å². The summed E-state index contributed by atoms with van der Waals surface area (Å²) in [6, 6.07) is 29.0. The van der Waals surface area contributed by atoms with Gasteiger partial charge in [0.15, 0.2) is 0 Å². The first-order valence-electron chi connectivity index (χ1n) is 9.32. The lowest BCUT2D eigenvalue weighted by atomic mass is 9.99. The number of fused-ring (bicyclic) bond motifs is 1. The van der Waals surface area contributed by atoms with E-state index in [9.17, 15) is 5.11 Å². The van der Waals surface area contributed by atoms with Gasteiger partial charge in [-0.05, 0) is 35.9 Å². The molecule has 144 valence electrons. The van der Waals surface area contributed by atoms with Crippen LogP contribution in [0, 0.1) is 0 Å². The minimum atomic E-state index is -0.534. The van der Waals surface area contributed by atoms with E-state index in [2.05, 4.69) is 76.7 Å². The SMILES string of the molecule is CNC[C@@H](O)[C@H](c1ccccc1)n1ccc2c(-c3ccccc3)cccc21.Cl. The molecule has 4 aromatic rings. The third-order valence-corrected chi connectivity index (χ3v) is 5.07. The lowest BCUT2D eigenvalue weighted by Gasteiger charge is -2.26. The van der Waals surface area contributed by atoms with Crippen LogP contribution in [-0.4, -0.2) is 29.4 Å². The van der Waals surface area contributed by atoms with Crippen molar-refractivity contribution in [2.75, 3.05) is 13.6 Å². The summed E-state index contributed by atoms with van der Waals surface area (Å²) < 4.78 is 2.19. The highest BCUT2D eigenvalue weighted by atomic mass is 35.5. The van der Waals surface area contributed by atoms with Gasteiger partial charge in [-0.1, -0.05) is 72.8 Å². The Morgan fingerprint density at radius 3 is 2.21 bits per heavy atom. The van der Waals surface area contributed by atoms with Gasteiger partial charge in [0.25, 0.3) is 0 Å². The van der Waals surface area contributed by atoms with Crippen LogP contribution in [-0.2, 0) is 0 Å². The van der Waals surface area contributed by atoms with Gasteiger partial charge in [-0.15, -0.1) is 12.4 Å². The minimum absolute atomic E-state index is 0. The van der Waals surface area contributed by atoms with Crippen molar-refractivity contribution in [2.45, 2.75) is 12.1 Å². The van der Waals surface area contributed by atoms with Crippen molar-refractivity contribution in [3.05, 3.63) is 96.7 Å². The van der Waals surface area contributed by atoms with E-state index in [1.54, 1.807) is 0 Å². The van der Waals surface area contributed by atoms with Crippen LogP contribution in [0.3, 0.4) is 0 Å². The lowest BCUT2D eigenvalue weighted by molar-refractivity contribution is 0.132. The Morgan fingerprint density at radius 2 is 1.54 bits per heavy atom. The Balaban J connectivity index is 0.00000225. The lowest BCUT2D eigenvalue weighted by Crippen LogP contribution is -2.33. The zero-order valence-corrected chi connectivity index (χ0v) is 16.6. The molecule has 0 saturated heterocycles. The molecule has 28 heavy (non-hydrogen) atoms. The van der Waals surface area contributed by atoms with Crippen LogP contribution in [0.4, 0.5) is 0 Å². The zero-order valence-electron chi connectivity index (χ0n) is 15.8. The van der Waals surface area contributed by atoms with Crippen molar-refractivity contribution in [1.29, 1.82) is 0 Å². The van der Waals surface area contributed by atoms with Gasteiger partial charge >= 0.3 is 0 Å². The smallest absolute Gasteiger partial charge is 0.0912 e. The Bertz CT molecular complexity index is 1010. The quantitative estimate of drug-likeness (QED) is 0.489. The predicted octanol–water partition coefficient (Wildman–Crippen LogP) is 4.90. The second-order valence-corrected chi connectivity index (χ2v) is 6.81. The Hall–Kier alpha value is -2.59. The first-order valence-corrected chi connectivity index (χ1v) is 9.32. The molecular weight excluding hydrogens is 368 g/mol. The molecule has 4 rings (SSSR count). The number of aliphatic hydroxyl groups is 1. The number of aliphatic hydroxyl groups excluding tert-OH is 1. The molecule has 0 aliphatic heterocycles. The highest BCUT2D eigenvalue weighted by Crippen LogP contribution is 2.33. The van der Waals surface area contributed by atoms with Crippen molar-refractivity contribution in [3.63, 3.8) is 0 Å². The second-order valence-electron chi connectivity index (χ2n) is 6.81. The van der Waals surface area contributed by atoms with E-state index in [0.29, 0.717) is 6.54 Å². The maximum atomic E-state index is 10.9. The van der Waals surface area contributed by atoms with Crippen molar-refractivity contribution in [1.82, 2.24) is 9.88 Å². The molecule has 2 atom stereocenters. The third-order valence-electron chi connectivity index (χ3n) is 5.07. The van der Waals surface area contributed by atoms with E-state index in [0.717, 1.165) is 11.1 Å². The van der Waals surface area contributed by atoms with Gasteiger partial charge in [-0.3, -0.25) is 0 Å². The summed E-state index contributed by atoms with van der Waals surface area (Å²) in [5, 5.41) is 15.2. The fourth-order valence-electron chi connectivity index (χ4n) is 3.84. The van der Waals surface area contributed by atoms with E-state index < -0.39 is 6.10 Å². The minimum Gasteiger partial charge on any atom is -0.389 e. The molecule has 1 aromatic heterocycles. The first kappa shape index (κ1) is 20.2. The molecule has 0 radical (unpaired) electrons. The Kier molecular flexibility index (Phi) is 6.53. The fraction of sp³-hybridized carbons (Fsp3) is 0.167. The average Bonchev–Trinajstić information content (AvgIpc) is 3.14. The summed E-state index contributed by atoms with van der Waals surface area (Å²) in [5.41, 5.74) is 4.64. The van der Waals surface area contributed by atoms with E-state index in [1.165, 1.54) is 16.5 Å². The van der Waals surface area contributed by atoms with Crippen molar-refractivity contribution in [2.24, 2.45) is 0 Å². The normalized spacial score (nSPS) is 13.1. The number of hydrogen-bond acceptors (Lipinski definition) is 2. The number of halogens is 1. The highest BCUT2D eigenvalue weighted by molar-refractivity contribution is 5.95. The largest absolute Gasteiger partial charge is 0.389 e. The number of hydrogen-bond donors (Lipinski definition) is 2. The number of likely N-dealkylation sites (N-methyl/N-ethyl adjacent to an activating group) is 1. The fourth-order valence-corrected chi connectivity index (χ4v) is 3.84. The standard InChI is InChI=1S/C24H24N2O.ClH/c1-25-17-23(27)24(19-11-6-3-7-12-19)26-16-15-21-20(13-8-14-22(21)26)18-9-4-2-5-10-18;/h2-16,23-25,27H,17H2,1H3;1H/t23-,24+;/m1./s1. The number of benzene rings is 3. The summed E-state index contributed by atoms with van der Waals surface area (Å²) in [4.78, 5) is 0. The van der Waals surface area contributed by atoms with Gasteiger partial charge in [-0.25, -0.2) is 0 Å². The molecule has 0 saturated carbocycles. The number of nitrogens with one attached hydrogen (secondary N) is 1. The van der Waals surface area contributed by atoms with Crippen LogP contribution in [0.2, 0.25) is 0 Å². The molecule has 4 heteroatoms. The van der Waals surface area contributed by atoms with Crippen LogP contribution in [0.15, 0.2) is 91.1 Å². The van der Waals surface area contributed by atoms with E-state index >= 15 is 0 Å². The third kappa shape index (κ3) is 3.83. The number of rotatable bonds is 6. The zero-order chi connectivity index (χ0) is 18.6. The van der Waals surface area contributed by atoms with Gasteiger partial charge in [0.2, 0.25) is 0 Å². The molecule has 2 N–H and O–H groups in total. The molecule has 3 aromatic carbocycles. The van der Waals surface area contributed by atoms with E-state index in [4.69, 9.17) is 0 Å². The molecule has 1 heterocycles.